The summed E-state index contributed by atoms with van der Waals surface area (Å²) in [5.74, 6) is 0.502. The number of aromatic nitrogens is 3. The molecule has 2 aromatic heterocycles. The fourth-order valence-corrected chi connectivity index (χ4v) is 3.49. The van der Waals surface area contributed by atoms with Gasteiger partial charge < -0.3 is 9.88 Å². The first kappa shape index (κ1) is 18.3. The van der Waals surface area contributed by atoms with E-state index in [4.69, 9.17) is 0 Å². The lowest BCUT2D eigenvalue weighted by Gasteiger charge is -2.12. The van der Waals surface area contributed by atoms with E-state index >= 15 is 0 Å². The molecule has 0 aliphatic heterocycles. The summed E-state index contributed by atoms with van der Waals surface area (Å²) in [5, 5.41) is 7.67. The Bertz CT molecular complexity index is 1130. The molecule has 4 rings (SSSR count). The number of rotatable bonds is 4. The Balaban J connectivity index is 1.84. The van der Waals surface area contributed by atoms with Crippen LogP contribution in [0.15, 0.2) is 77.5 Å². The van der Waals surface area contributed by atoms with Crippen molar-refractivity contribution in [1.29, 1.82) is 0 Å². The molecule has 1 N–H and O–H groups in total. The van der Waals surface area contributed by atoms with Gasteiger partial charge in [0.05, 0.1) is 17.1 Å². The highest BCUT2D eigenvalue weighted by Gasteiger charge is 2.24. The van der Waals surface area contributed by atoms with Gasteiger partial charge in [-0.2, -0.15) is 5.10 Å². The second-order valence-corrected chi connectivity index (χ2v) is 7.41. The molecular formula is C22H19BrN4O. The number of benzene rings is 2. The van der Waals surface area contributed by atoms with Gasteiger partial charge in [-0.3, -0.25) is 4.79 Å². The van der Waals surface area contributed by atoms with Gasteiger partial charge in [0.1, 0.15) is 5.56 Å². The van der Waals surface area contributed by atoms with Crippen LogP contribution in [0.2, 0.25) is 0 Å². The van der Waals surface area contributed by atoms with Crippen molar-refractivity contribution >= 4 is 27.5 Å². The molecule has 6 heteroatoms. The zero-order valence-electron chi connectivity index (χ0n) is 15.6. The monoisotopic (exact) mass is 434 g/mol. The lowest BCUT2D eigenvalue weighted by atomic mass is 10.2. The van der Waals surface area contributed by atoms with Crippen LogP contribution in [0.1, 0.15) is 21.6 Å². The number of nitrogens with zero attached hydrogens (tertiary/aromatic N) is 3. The van der Waals surface area contributed by atoms with Crippen molar-refractivity contribution < 1.29 is 4.79 Å². The summed E-state index contributed by atoms with van der Waals surface area (Å²) in [7, 11) is 0. The van der Waals surface area contributed by atoms with Crippen molar-refractivity contribution in [2.24, 2.45) is 0 Å². The highest BCUT2D eigenvalue weighted by atomic mass is 79.9. The number of halogens is 1. The molecule has 0 spiro atoms. The Morgan fingerprint density at radius 1 is 0.964 bits per heavy atom. The molecule has 0 radical (unpaired) electrons. The van der Waals surface area contributed by atoms with Crippen molar-refractivity contribution in [1.82, 2.24) is 14.3 Å². The number of hydrogen-bond donors (Lipinski definition) is 1. The molecule has 28 heavy (non-hydrogen) atoms. The zero-order valence-corrected chi connectivity index (χ0v) is 17.1. The van der Waals surface area contributed by atoms with E-state index in [1.165, 1.54) is 5.56 Å². The highest BCUT2D eigenvalue weighted by molar-refractivity contribution is 9.10. The van der Waals surface area contributed by atoms with Gasteiger partial charge in [-0.15, -0.1) is 0 Å². The van der Waals surface area contributed by atoms with E-state index < -0.39 is 0 Å². The van der Waals surface area contributed by atoms with Crippen LogP contribution in [0, 0.1) is 13.8 Å². The first-order valence-corrected chi connectivity index (χ1v) is 9.70. The smallest absolute Gasteiger partial charge is 0.261 e. The van der Waals surface area contributed by atoms with Gasteiger partial charge in [-0.1, -0.05) is 29.8 Å². The molecule has 0 bridgehead atoms. The first-order valence-electron chi connectivity index (χ1n) is 8.90. The van der Waals surface area contributed by atoms with Crippen LogP contribution in [0.25, 0.3) is 11.5 Å². The number of hydrogen-bond acceptors (Lipinski definition) is 2. The van der Waals surface area contributed by atoms with Crippen molar-refractivity contribution in [3.63, 3.8) is 0 Å². The van der Waals surface area contributed by atoms with Gasteiger partial charge >= 0.3 is 0 Å². The molecule has 0 fully saturated rings. The molecule has 0 saturated heterocycles. The van der Waals surface area contributed by atoms with Crippen LogP contribution in [0.5, 0.6) is 0 Å². The minimum atomic E-state index is -0.202. The standard InChI is InChI=1S/C22H19BrN4O/c1-15-9-11-17(12-10-15)27-22(26-13-5-6-14-26)20(16(2)25-27)21(28)24-19-8-4-3-7-18(19)23/h3-14H,1-2H3,(H,24,28). The molecular weight excluding hydrogens is 416 g/mol. The largest absolute Gasteiger partial charge is 0.321 e. The normalized spacial score (nSPS) is 10.8. The number of nitrogens with one attached hydrogen (secondary N) is 1. The Labute approximate surface area is 171 Å². The SMILES string of the molecule is Cc1ccc(-n2nc(C)c(C(=O)Nc3ccccc3Br)c2-n2cccc2)cc1. The number of aryl methyl sites for hydroxylation is 2. The van der Waals surface area contributed by atoms with E-state index in [9.17, 15) is 4.79 Å². The van der Waals surface area contributed by atoms with E-state index in [2.05, 4.69) is 26.3 Å². The molecule has 4 aromatic rings. The molecule has 0 unspecified atom stereocenters. The third kappa shape index (κ3) is 3.39. The summed E-state index contributed by atoms with van der Waals surface area (Å²) >= 11 is 3.48. The predicted octanol–water partition coefficient (Wildman–Crippen LogP) is 5.29. The van der Waals surface area contributed by atoms with Gasteiger partial charge in [0.15, 0.2) is 5.82 Å². The van der Waals surface area contributed by atoms with Gasteiger partial charge in [0.25, 0.3) is 5.91 Å². The van der Waals surface area contributed by atoms with Gasteiger partial charge in [0.2, 0.25) is 0 Å². The number of carbonyl (C=O) groups excluding carboxylic acids is 1. The zero-order chi connectivity index (χ0) is 19.7. The maximum Gasteiger partial charge on any atom is 0.261 e. The predicted molar refractivity (Wildman–Crippen MR) is 114 cm³/mol. The van der Waals surface area contributed by atoms with Crippen LogP contribution >= 0.6 is 15.9 Å². The van der Waals surface area contributed by atoms with Crippen molar-refractivity contribution in [3.8, 4) is 11.5 Å². The quantitative estimate of drug-likeness (QED) is 0.473. The van der Waals surface area contributed by atoms with Crippen LogP contribution in [0.3, 0.4) is 0 Å². The van der Waals surface area contributed by atoms with Crippen molar-refractivity contribution in [3.05, 3.63) is 94.4 Å². The summed E-state index contributed by atoms with van der Waals surface area (Å²) in [6.07, 6.45) is 3.83. The molecule has 1 amide bonds. The maximum atomic E-state index is 13.2. The Hall–Kier alpha value is -3.12. The van der Waals surface area contributed by atoms with Crippen LogP contribution in [0.4, 0.5) is 5.69 Å². The van der Waals surface area contributed by atoms with E-state index in [1.807, 2.05) is 96.2 Å². The van der Waals surface area contributed by atoms with Crippen LogP contribution in [-0.4, -0.2) is 20.3 Å². The summed E-state index contributed by atoms with van der Waals surface area (Å²) in [4.78, 5) is 13.2. The van der Waals surface area contributed by atoms with Gasteiger partial charge in [-0.05, 0) is 66.2 Å². The topological polar surface area (TPSA) is 51.9 Å². The molecule has 0 atom stereocenters. The third-order valence-electron chi connectivity index (χ3n) is 4.51. The number of para-hydroxylation sites is 1. The van der Waals surface area contributed by atoms with Gasteiger partial charge in [0, 0.05) is 16.9 Å². The Kier molecular flexibility index (Phi) is 4.88. The average Bonchev–Trinajstić information content (AvgIpc) is 3.31. The summed E-state index contributed by atoms with van der Waals surface area (Å²) in [6.45, 7) is 3.90. The molecule has 140 valence electrons. The lowest BCUT2D eigenvalue weighted by molar-refractivity contribution is 0.102. The minimum absolute atomic E-state index is 0.202. The summed E-state index contributed by atoms with van der Waals surface area (Å²) in [6, 6.07) is 19.5. The molecule has 0 aliphatic carbocycles. The fraction of sp³-hybridized carbons (Fsp3) is 0.0909. The molecule has 0 saturated carbocycles. The highest BCUT2D eigenvalue weighted by Crippen LogP contribution is 2.26. The molecule has 2 aromatic carbocycles. The maximum absolute atomic E-state index is 13.2. The van der Waals surface area contributed by atoms with E-state index in [0.717, 1.165) is 10.2 Å². The second kappa shape index (κ2) is 7.48. The molecule has 5 nitrogen and oxygen atoms in total. The van der Waals surface area contributed by atoms with Gasteiger partial charge in [-0.25, -0.2) is 4.68 Å². The average molecular weight is 435 g/mol. The minimum Gasteiger partial charge on any atom is -0.321 e. The fourth-order valence-electron chi connectivity index (χ4n) is 3.11. The van der Waals surface area contributed by atoms with Crippen LogP contribution in [-0.2, 0) is 0 Å². The number of amides is 1. The van der Waals surface area contributed by atoms with Crippen molar-refractivity contribution in [2.75, 3.05) is 5.32 Å². The second-order valence-electron chi connectivity index (χ2n) is 6.56. The van der Waals surface area contributed by atoms with E-state index in [1.54, 1.807) is 0 Å². The Morgan fingerprint density at radius 2 is 1.64 bits per heavy atom. The lowest BCUT2D eigenvalue weighted by Crippen LogP contribution is -2.16. The molecule has 2 heterocycles. The summed E-state index contributed by atoms with van der Waals surface area (Å²) < 4.78 is 4.55. The van der Waals surface area contributed by atoms with Crippen molar-refractivity contribution in [2.45, 2.75) is 13.8 Å². The third-order valence-corrected chi connectivity index (χ3v) is 5.20. The first-order chi connectivity index (χ1) is 13.5. The number of anilines is 1. The Morgan fingerprint density at radius 3 is 2.32 bits per heavy atom. The number of carbonyl (C=O) groups is 1. The van der Waals surface area contributed by atoms with E-state index in [-0.39, 0.29) is 5.91 Å². The van der Waals surface area contributed by atoms with E-state index in [0.29, 0.717) is 22.8 Å². The molecule has 0 aliphatic rings. The summed E-state index contributed by atoms with van der Waals surface area (Å²) in [5.41, 5.74) is 3.98. The van der Waals surface area contributed by atoms with Crippen LogP contribution < -0.4 is 5.32 Å².